The summed E-state index contributed by atoms with van der Waals surface area (Å²) in [5.41, 5.74) is 0.953. The van der Waals surface area contributed by atoms with Crippen LogP contribution in [0.2, 0.25) is 0 Å². The second-order valence-corrected chi connectivity index (χ2v) is 3.78. The van der Waals surface area contributed by atoms with Crippen LogP contribution in [0.3, 0.4) is 0 Å². The number of rotatable bonds is 3. The van der Waals surface area contributed by atoms with Crippen LogP contribution in [-0.4, -0.2) is 11.7 Å². The molecule has 0 radical (unpaired) electrons. The van der Waals surface area contributed by atoms with E-state index < -0.39 is 11.7 Å². The second kappa shape index (κ2) is 4.91. The lowest BCUT2D eigenvalue weighted by atomic mass is 10.2. The van der Waals surface area contributed by atoms with Crippen LogP contribution in [0.15, 0.2) is 28.7 Å². The summed E-state index contributed by atoms with van der Waals surface area (Å²) in [6, 6.07) is 7.54. The maximum absolute atomic E-state index is 10.9. The van der Waals surface area contributed by atoms with Gasteiger partial charge in [0.05, 0.1) is 0 Å². The summed E-state index contributed by atoms with van der Waals surface area (Å²) in [5, 5.41) is 2.52. The summed E-state index contributed by atoms with van der Waals surface area (Å²) in [6.07, 6.45) is 0. The van der Waals surface area contributed by atoms with Gasteiger partial charge in [-0.25, -0.2) is 0 Å². The molecule has 0 atom stereocenters. The van der Waals surface area contributed by atoms with E-state index in [4.69, 9.17) is 0 Å². The van der Waals surface area contributed by atoms with E-state index in [9.17, 15) is 9.59 Å². The predicted molar refractivity (Wildman–Crippen MR) is 56.7 cm³/mol. The van der Waals surface area contributed by atoms with Crippen LogP contribution < -0.4 is 5.32 Å². The largest absolute Gasteiger partial charge is 0.345 e. The van der Waals surface area contributed by atoms with Crippen molar-refractivity contribution in [3.8, 4) is 0 Å². The van der Waals surface area contributed by atoms with E-state index in [0.717, 1.165) is 10.0 Å². The fourth-order valence-electron chi connectivity index (χ4n) is 0.954. The molecule has 0 heterocycles. The molecule has 3 nitrogen and oxygen atoms in total. The minimum absolute atomic E-state index is 0.373. The zero-order valence-corrected chi connectivity index (χ0v) is 9.30. The number of Topliss-reactive ketones (excluding diaryl/α,β-unsaturated/α-hetero) is 1. The summed E-state index contributed by atoms with van der Waals surface area (Å²) in [5.74, 6) is -1.02. The number of hydrogen-bond acceptors (Lipinski definition) is 2. The quantitative estimate of drug-likeness (QED) is 0.836. The second-order valence-electron chi connectivity index (χ2n) is 2.87. The summed E-state index contributed by atoms with van der Waals surface area (Å²) in [6.45, 7) is 1.62. The first-order valence-electron chi connectivity index (χ1n) is 4.13. The average Bonchev–Trinajstić information content (AvgIpc) is 2.14. The van der Waals surface area contributed by atoms with Gasteiger partial charge in [-0.15, -0.1) is 0 Å². The van der Waals surface area contributed by atoms with Crippen LogP contribution >= 0.6 is 15.9 Å². The van der Waals surface area contributed by atoms with Crippen molar-refractivity contribution in [2.24, 2.45) is 0 Å². The van der Waals surface area contributed by atoms with Gasteiger partial charge in [0.2, 0.25) is 5.78 Å². The van der Waals surface area contributed by atoms with Crippen molar-refractivity contribution in [2.45, 2.75) is 13.5 Å². The van der Waals surface area contributed by atoms with Gasteiger partial charge in [-0.3, -0.25) is 9.59 Å². The third-order valence-electron chi connectivity index (χ3n) is 1.66. The van der Waals surface area contributed by atoms with Gasteiger partial charge in [0.25, 0.3) is 5.91 Å². The molecule has 1 N–H and O–H groups in total. The molecule has 1 aromatic rings. The molecule has 0 aliphatic rings. The molecule has 14 heavy (non-hydrogen) atoms. The molecule has 0 fully saturated rings. The fourth-order valence-corrected chi connectivity index (χ4v) is 1.40. The highest BCUT2D eigenvalue weighted by molar-refractivity contribution is 9.10. The molecule has 1 rings (SSSR count). The van der Waals surface area contributed by atoms with Crippen molar-refractivity contribution in [1.29, 1.82) is 0 Å². The van der Waals surface area contributed by atoms with Crippen molar-refractivity contribution in [1.82, 2.24) is 5.32 Å². The highest BCUT2D eigenvalue weighted by Crippen LogP contribution is 2.11. The Hall–Kier alpha value is -1.16. The van der Waals surface area contributed by atoms with Crippen molar-refractivity contribution in [2.75, 3.05) is 0 Å². The highest BCUT2D eigenvalue weighted by atomic mass is 79.9. The molecule has 1 amide bonds. The van der Waals surface area contributed by atoms with Crippen LogP contribution in [0.4, 0.5) is 0 Å². The Morgan fingerprint density at radius 1 is 1.43 bits per heavy atom. The first-order chi connectivity index (χ1) is 6.59. The van der Waals surface area contributed by atoms with Crippen molar-refractivity contribution >= 4 is 27.6 Å². The van der Waals surface area contributed by atoms with Crippen LogP contribution in [0.5, 0.6) is 0 Å². The minimum atomic E-state index is -0.551. The zero-order valence-electron chi connectivity index (χ0n) is 7.71. The van der Waals surface area contributed by atoms with E-state index >= 15 is 0 Å². The van der Waals surface area contributed by atoms with Gasteiger partial charge in [-0.1, -0.05) is 28.1 Å². The Balaban J connectivity index is 2.54. The number of hydrogen-bond donors (Lipinski definition) is 1. The normalized spacial score (nSPS) is 9.57. The Bertz CT molecular complexity index is 363. The number of halogens is 1. The average molecular weight is 256 g/mol. The smallest absolute Gasteiger partial charge is 0.287 e. The van der Waals surface area contributed by atoms with E-state index in [1.807, 2.05) is 24.3 Å². The molecule has 0 aromatic heterocycles. The maximum atomic E-state index is 10.9. The SMILES string of the molecule is CC(=O)C(=O)NCc1cccc(Br)c1. The molecule has 0 bridgehead atoms. The van der Waals surface area contributed by atoms with Gasteiger partial charge in [-0.05, 0) is 17.7 Å². The van der Waals surface area contributed by atoms with Crippen molar-refractivity contribution < 1.29 is 9.59 Å². The highest BCUT2D eigenvalue weighted by Gasteiger charge is 2.05. The zero-order chi connectivity index (χ0) is 10.6. The van der Waals surface area contributed by atoms with Gasteiger partial charge in [0, 0.05) is 17.9 Å². The number of benzene rings is 1. The van der Waals surface area contributed by atoms with Crippen LogP contribution in [-0.2, 0) is 16.1 Å². The first kappa shape index (κ1) is 10.9. The van der Waals surface area contributed by atoms with Gasteiger partial charge < -0.3 is 5.32 Å². The molecule has 74 valence electrons. The minimum Gasteiger partial charge on any atom is -0.345 e. The van der Waals surface area contributed by atoms with Crippen LogP contribution in [0, 0.1) is 0 Å². The number of nitrogens with one attached hydrogen (secondary N) is 1. The maximum Gasteiger partial charge on any atom is 0.287 e. The molecular weight excluding hydrogens is 246 g/mol. The van der Waals surface area contributed by atoms with Gasteiger partial charge in [0.15, 0.2) is 0 Å². The molecule has 0 saturated carbocycles. The lowest BCUT2D eigenvalue weighted by molar-refractivity contribution is -0.136. The topological polar surface area (TPSA) is 46.2 Å². The summed E-state index contributed by atoms with van der Waals surface area (Å²) in [4.78, 5) is 21.5. The van der Waals surface area contributed by atoms with Gasteiger partial charge in [0.1, 0.15) is 0 Å². The number of carbonyl (C=O) groups is 2. The number of amides is 1. The Labute approximate surface area is 90.6 Å². The molecule has 0 saturated heterocycles. The summed E-state index contributed by atoms with van der Waals surface area (Å²) < 4.78 is 0.951. The van der Waals surface area contributed by atoms with E-state index in [0.29, 0.717) is 6.54 Å². The molecule has 0 spiro atoms. The van der Waals surface area contributed by atoms with Crippen molar-refractivity contribution in [3.63, 3.8) is 0 Å². The number of ketones is 1. The van der Waals surface area contributed by atoms with E-state index in [1.54, 1.807) is 0 Å². The molecule has 0 unspecified atom stereocenters. The first-order valence-corrected chi connectivity index (χ1v) is 4.92. The molecular formula is C10H10BrNO2. The van der Waals surface area contributed by atoms with Crippen LogP contribution in [0.25, 0.3) is 0 Å². The van der Waals surface area contributed by atoms with Gasteiger partial charge in [-0.2, -0.15) is 0 Å². The van der Waals surface area contributed by atoms with Crippen LogP contribution in [0.1, 0.15) is 12.5 Å². The Kier molecular flexibility index (Phi) is 3.83. The molecule has 4 heteroatoms. The predicted octanol–water partition coefficient (Wildman–Crippen LogP) is 1.65. The summed E-state index contributed by atoms with van der Waals surface area (Å²) >= 11 is 3.32. The Morgan fingerprint density at radius 3 is 2.71 bits per heavy atom. The van der Waals surface area contributed by atoms with E-state index in [2.05, 4.69) is 21.2 Å². The Morgan fingerprint density at radius 2 is 2.14 bits per heavy atom. The lowest BCUT2D eigenvalue weighted by Crippen LogP contribution is -2.28. The standard InChI is InChI=1S/C10H10BrNO2/c1-7(13)10(14)12-6-8-3-2-4-9(11)5-8/h2-5H,6H2,1H3,(H,12,14). The molecule has 0 aliphatic heterocycles. The third kappa shape index (κ3) is 3.30. The van der Waals surface area contributed by atoms with Crippen molar-refractivity contribution in [3.05, 3.63) is 34.3 Å². The number of carbonyl (C=O) groups excluding carboxylic acids is 2. The third-order valence-corrected chi connectivity index (χ3v) is 2.16. The molecule has 1 aromatic carbocycles. The van der Waals surface area contributed by atoms with E-state index in [-0.39, 0.29) is 0 Å². The molecule has 0 aliphatic carbocycles. The lowest BCUT2D eigenvalue weighted by Gasteiger charge is -2.02. The summed E-state index contributed by atoms with van der Waals surface area (Å²) in [7, 11) is 0. The monoisotopic (exact) mass is 255 g/mol. The van der Waals surface area contributed by atoms with Gasteiger partial charge >= 0.3 is 0 Å². The fraction of sp³-hybridized carbons (Fsp3) is 0.200. The van der Waals surface area contributed by atoms with E-state index in [1.165, 1.54) is 6.92 Å².